The van der Waals surface area contributed by atoms with E-state index in [2.05, 4.69) is 20.4 Å². The first-order valence-electron chi connectivity index (χ1n) is 13.0. The summed E-state index contributed by atoms with van der Waals surface area (Å²) in [5.41, 5.74) is 1.31. The zero-order chi connectivity index (χ0) is 28.0. The molecular formula is C27H35N5O6S. The average Bonchev–Trinajstić information content (AvgIpc) is 3.42. The van der Waals surface area contributed by atoms with Crippen molar-refractivity contribution in [2.75, 3.05) is 45.7 Å². The number of aromatic nitrogens is 2. The number of nitrogens with zero attached hydrogens (tertiary/aromatic N) is 4. The van der Waals surface area contributed by atoms with Crippen LogP contribution in [0.25, 0.3) is 11.4 Å². The van der Waals surface area contributed by atoms with Crippen LogP contribution in [0.5, 0.6) is 11.5 Å². The van der Waals surface area contributed by atoms with E-state index in [4.69, 9.17) is 14.0 Å². The SMILES string of the molecule is CCN(CC)S(=O)(=O)c1ccc(NC(=O)C2CCCN(Cc3nc(-c4ccc(OC)c(OC)c4)no3)C2)cc1. The van der Waals surface area contributed by atoms with Crippen molar-refractivity contribution in [2.45, 2.75) is 38.1 Å². The number of anilines is 1. The highest BCUT2D eigenvalue weighted by Gasteiger charge is 2.27. The van der Waals surface area contributed by atoms with Crippen molar-refractivity contribution < 1.29 is 27.2 Å². The first-order valence-corrected chi connectivity index (χ1v) is 14.4. The van der Waals surface area contributed by atoms with Gasteiger partial charge in [-0.05, 0) is 61.9 Å². The third kappa shape index (κ3) is 6.57. The number of sulfonamides is 1. The van der Waals surface area contributed by atoms with Gasteiger partial charge in [0.2, 0.25) is 27.6 Å². The van der Waals surface area contributed by atoms with Crippen LogP contribution >= 0.6 is 0 Å². The number of hydrogen-bond donors (Lipinski definition) is 1. The summed E-state index contributed by atoms with van der Waals surface area (Å²) in [6.45, 7) is 6.21. The van der Waals surface area contributed by atoms with Crippen molar-refractivity contribution in [1.82, 2.24) is 19.3 Å². The molecule has 1 aromatic heterocycles. The van der Waals surface area contributed by atoms with Crippen molar-refractivity contribution in [2.24, 2.45) is 5.92 Å². The van der Waals surface area contributed by atoms with Crippen LogP contribution in [-0.4, -0.2) is 74.1 Å². The molecule has 2 aromatic carbocycles. The Morgan fingerprint density at radius 1 is 1.10 bits per heavy atom. The Bertz CT molecular complexity index is 1370. The zero-order valence-electron chi connectivity index (χ0n) is 22.7. The van der Waals surface area contributed by atoms with E-state index in [9.17, 15) is 13.2 Å². The molecule has 1 saturated heterocycles. The molecule has 1 N–H and O–H groups in total. The quantitative estimate of drug-likeness (QED) is 0.376. The van der Waals surface area contributed by atoms with Crippen LogP contribution < -0.4 is 14.8 Å². The van der Waals surface area contributed by atoms with Crippen LogP contribution in [0.3, 0.4) is 0 Å². The fourth-order valence-electron chi connectivity index (χ4n) is 4.68. The number of rotatable bonds is 11. The lowest BCUT2D eigenvalue weighted by molar-refractivity contribution is -0.121. The average molecular weight is 558 g/mol. The van der Waals surface area contributed by atoms with Gasteiger partial charge in [0.1, 0.15) is 0 Å². The highest BCUT2D eigenvalue weighted by Crippen LogP contribution is 2.31. The van der Waals surface area contributed by atoms with E-state index in [1.165, 1.54) is 16.4 Å². The van der Waals surface area contributed by atoms with Gasteiger partial charge in [-0.25, -0.2) is 8.42 Å². The van der Waals surface area contributed by atoms with Crippen molar-refractivity contribution in [3.63, 3.8) is 0 Å². The Kier molecular flexibility index (Phi) is 9.20. The molecule has 1 fully saturated rings. The summed E-state index contributed by atoms with van der Waals surface area (Å²) in [6, 6.07) is 11.7. The lowest BCUT2D eigenvalue weighted by Crippen LogP contribution is -2.40. The molecule has 12 heteroatoms. The second-order valence-corrected chi connectivity index (χ2v) is 11.2. The lowest BCUT2D eigenvalue weighted by Gasteiger charge is -2.30. The van der Waals surface area contributed by atoms with Crippen molar-refractivity contribution in [1.29, 1.82) is 0 Å². The van der Waals surface area contributed by atoms with Gasteiger partial charge in [-0.15, -0.1) is 0 Å². The molecule has 0 aliphatic carbocycles. The van der Waals surface area contributed by atoms with E-state index in [0.29, 0.717) is 55.1 Å². The summed E-state index contributed by atoms with van der Waals surface area (Å²) >= 11 is 0. The molecule has 0 radical (unpaired) electrons. The third-order valence-corrected chi connectivity index (χ3v) is 8.87. The maximum absolute atomic E-state index is 13.0. The molecule has 3 aromatic rings. The monoisotopic (exact) mass is 557 g/mol. The van der Waals surface area contributed by atoms with Gasteiger partial charge in [0.15, 0.2) is 11.5 Å². The summed E-state index contributed by atoms with van der Waals surface area (Å²) in [5, 5.41) is 7.03. The predicted octanol–water partition coefficient (Wildman–Crippen LogP) is 3.64. The second-order valence-electron chi connectivity index (χ2n) is 9.26. The number of ether oxygens (including phenoxy) is 2. The molecule has 1 aliphatic rings. The molecule has 1 aliphatic heterocycles. The summed E-state index contributed by atoms with van der Waals surface area (Å²) in [7, 11) is -0.400. The van der Waals surface area contributed by atoms with E-state index in [1.807, 2.05) is 6.07 Å². The molecule has 11 nitrogen and oxygen atoms in total. The molecule has 0 spiro atoms. The number of likely N-dealkylation sites (tertiary alicyclic amines) is 1. The number of carbonyl (C=O) groups is 1. The van der Waals surface area contributed by atoms with E-state index in [0.717, 1.165) is 24.9 Å². The van der Waals surface area contributed by atoms with Gasteiger partial charge in [0.05, 0.1) is 31.6 Å². The highest BCUT2D eigenvalue weighted by molar-refractivity contribution is 7.89. The van der Waals surface area contributed by atoms with Gasteiger partial charge in [-0.2, -0.15) is 9.29 Å². The molecule has 1 atom stereocenters. The summed E-state index contributed by atoms with van der Waals surface area (Å²) < 4.78 is 42.9. The topological polar surface area (TPSA) is 127 Å². The molecule has 1 amide bonds. The van der Waals surface area contributed by atoms with Crippen LogP contribution in [0, 0.1) is 5.92 Å². The number of carbonyl (C=O) groups excluding carboxylic acids is 1. The number of nitrogens with one attached hydrogen (secondary N) is 1. The highest BCUT2D eigenvalue weighted by atomic mass is 32.2. The standard InChI is InChI=1S/C27H35N5O6S/c1-5-32(6-2)39(34,35)22-12-10-21(11-13-22)28-27(33)20-8-7-15-31(17-20)18-25-29-26(30-38-25)19-9-14-23(36-3)24(16-19)37-4/h9-14,16,20H,5-8,15,17-18H2,1-4H3,(H,28,33). The molecule has 0 saturated carbocycles. The summed E-state index contributed by atoms with van der Waals surface area (Å²) in [6.07, 6.45) is 1.62. The van der Waals surface area contributed by atoms with E-state index < -0.39 is 10.0 Å². The van der Waals surface area contributed by atoms with Crippen LogP contribution in [-0.2, 0) is 21.4 Å². The van der Waals surface area contributed by atoms with E-state index in [1.54, 1.807) is 52.3 Å². The third-order valence-electron chi connectivity index (χ3n) is 6.81. The number of methoxy groups -OCH3 is 2. The Hall–Kier alpha value is -3.48. The maximum atomic E-state index is 13.0. The van der Waals surface area contributed by atoms with E-state index in [-0.39, 0.29) is 16.7 Å². The summed E-state index contributed by atoms with van der Waals surface area (Å²) in [5.74, 6) is 1.78. The number of amides is 1. The number of hydrogen-bond acceptors (Lipinski definition) is 9. The minimum Gasteiger partial charge on any atom is -0.493 e. The van der Waals surface area contributed by atoms with Gasteiger partial charge in [0, 0.05) is 30.9 Å². The lowest BCUT2D eigenvalue weighted by atomic mass is 9.97. The Labute approximate surface area is 229 Å². The fourth-order valence-corrected chi connectivity index (χ4v) is 6.14. The van der Waals surface area contributed by atoms with Crippen LogP contribution in [0.4, 0.5) is 5.69 Å². The molecule has 1 unspecified atom stereocenters. The fraction of sp³-hybridized carbons (Fsp3) is 0.444. The van der Waals surface area contributed by atoms with Crippen LogP contribution in [0.15, 0.2) is 51.9 Å². The molecule has 0 bridgehead atoms. The first kappa shape index (κ1) is 28.5. The Morgan fingerprint density at radius 3 is 2.49 bits per heavy atom. The predicted molar refractivity (Wildman–Crippen MR) is 146 cm³/mol. The van der Waals surface area contributed by atoms with Crippen LogP contribution in [0.1, 0.15) is 32.6 Å². The Balaban J connectivity index is 1.36. The van der Waals surface area contributed by atoms with Gasteiger partial charge in [0.25, 0.3) is 0 Å². The molecule has 2 heterocycles. The van der Waals surface area contributed by atoms with Crippen molar-refractivity contribution in [3.8, 4) is 22.9 Å². The zero-order valence-corrected chi connectivity index (χ0v) is 23.5. The van der Waals surface area contributed by atoms with Gasteiger partial charge < -0.3 is 19.3 Å². The molecule has 210 valence electrons. The molecular weight excluding hydrogens is 522 g/mol. The summed E-state index contributed by atoms with van der Waals surface area (Å²) in [4.78, 5) is 19.9. The minimum absolute atomic E-state index is 0.101. The van der Waals surface area contributed by atoms with Gasteiger partial charge in [-0.3, -0.25) is 9.69 Å². The minimum atomic E-state index is -3.54. The van der Waals surface area contributed by atoms with Crippen molar-refractivity contribution >= 4 is 21.6 Å². The van der Waals surface area contributed by atoms with Crippen molar-refractivity contribution in [3.05, 3.63) is 48.4 Å². The smallest absolute Gasteiger partial charge is 0.243 e. The first-order chi connectivity index (χ1) is 18.8. The Morgan fingerprint density at radius 2 is 1.82 bits per heavy atom. The van der Waals surface area contributed by atoms with Gasteiger partial charge in [-0.1, -0.05) is 19.0 Å². The van der Waals surface area contributed by atoms with Gasteiger partial charge >= 0.3 is 0 Å². The largest absolute Gasteiger partial charge is 0.493 e. The van der Waals surface area contributed by atoms with Crippen LogP contribution in [0.2, 0.25) is 0 Å². The van der Waals surface area contributed by atoms with E-state index >= 15 is 0 Å². The number of benzene rings is 2. The maximum Gasteiger partial charge on any atom is 0.243 e. The second kappa shape index (κ2) is 12.6. The molecule has 39 heavy (non-hydrogen) atoms. The normalized spacial score (nSPS) is 16.3. The molecule has 4 rings (SSSR count). The number of piperidine rings is 1.